The molecule has 0 aromatic heterocycles. The first kappa shape index (κ1) is 14.9. The maximum Gasteiger partial charge on any atom is 0.181 e. The van der Waals surface area contributed by atoms with E-state index in [0.717, 1.165) is 4.47 Å². The van der Waals surface area contributed by atoms with Crippen LogP contribution in [0.3, 0.4) is 0 Å². The van der Waals surface area contributed by atoms with Crippen LogP contribution in [0.25, 0.3) is 0 Å². The first-order chi connectivity index (χ1) is 9.60. The molecular weight excluding hydrogens is 342 g/mol. The molecule has 0 amide bonds. The highest BCUT2D eigenvalue weighted by atomic mass is 79.9. The Morgan fingerprint density at radius 2 is 1.95 bits per heavy atom. The van der Waals surface area contributed by atoms with Crippen LogP contribution >= 0.6 is 27.5 Å². The maximum absolute atomic E-state index is 12.1. The number of ether oxygens (including phenoxy) is 1. The molecule has 0 unspecified atom stereocenters. The Bertz CT molecular complexity index is 614. The molecule has 0 saturated carbocycles. The zero-order chi connectivity index (χ0) is 14.5. The lowest BCUT2D eigenvalue weighted by molar-refractivity contribution is 0.101. The summed E-state index contributed by atoms with van der Waals surface area (Å²) in [6.45, 7) is 0.179. The fraction of sp³-hybridized carbons (Fsp3) is 0.133. The number of hydrogen-bond acceptors (Lipinski definition) is 3. The standard InChI is InChI=1S/C15H13BrClNO2/c1-20-15-7-6-12(17)8-13(15)18-9-14(19)10-2-4-11(16)5-3-10/h2-8,18H,9H2,1H3. The first-order valence-electron chi connectivity index (χ1n) is 5.96. The number of carbonyl (C=O) groups excluding carboxylic acids is 1. The smallest absolute Gasteiger partial charge is 0.181 e. The van der Waals surface area contributed by atoms with E-state index in [-0.39, 0.29) is 12.3 Å². The summed E-state index contributed by atoms with van der Waals surface area (Å²) in [4.78, 5) is 12.1. The molecule has 20 heavy (non-hydrogen) atoms. The SMILES string of the molecule is COc1ccc(Cl)cc1NCC(=O)c1ccc(Br)cc1. The van der Waals surface area contributed by atoms with Crippen molar-refractivity contribution < 1.29 is 9.53 Å². The van der Waals surface area contributed by atoms with Crippen molar-refractivity contribution in [3.63, 3.8) is 0 Å². The molecule has 0 radical (unpaired) electrons. The van der Waals surface area contributed by atoms with Crippen LogP contribution in [-0.2, 0) is 0 Å². The summed E-state index contributed by atoms with van der Waals surface area (Å²) in [6.07, 6.45) is 0. The third-order valence-electron chi connectivity index (χ3n) is 2.77. The van der Waals surface area contributed by atoms with Crippen molar-refractivity contribution in [2.75, 3.05) is 19.0 Å². The average Bonchev–Trinajstić information content (AvgIpc) is 2.45. The number of carbonyl (C=O) groups is 1. The van der Waals surface area contributed by atoms with E-state index in [1.165, 1.54) is 0 Å². The second-order valence-corrected chi connectivity index (χ2v) is 5.48. The zero-order valence-corrected chi connectivity index (χ0v) is 13.2. The van der Waals surface area contributed by atoms with E-state index in [0.29, 0.717) is 22.0 Å². The Hall–Kier alpha value is -1.52. The van der Waals surface area contributed by atoms with Gasteiger partial charge in [-0.25, -0.2) is 0 Å². The fourth-order valence-electron chi connectivity index (χ4n) is 1.73. The number of benzene rings is 2. The third-order valence-corrected chi connectivity index (χ3v) is 3.53. The number of Topliss-reactive ketones (excluding diaryl/α,β-unsaturated/α-hetero) is 1. The molecule has 0 aliphatic rings. The van der Waals surface area contributed by atoms with E-state index in [4.69, 9.17) is 16.3 Å². The van der Waals surface area contributed by atoms with Crippen molar-refractivity contribution in [2.24, 2.45) is 0 Å². The number of anilines is 1. The molecule has 0 bridgehead atoms. The molecule has 1 N–H and O–H groups in total. The molecule has 0 spiro atoms. The first-order valence-corrected chi connectivity index (χ1v) is 7.13. The summed E-state index contributed by atoms with van der Waals surface area (Å²) < 4.78 is 6.16. The van der Waals surface area contributed by atoms with Crippen LogP contribution in [0, 0.1) is 0 Å². The van der Waals surface area contributed by atoms with Gasteiger partial charge in [-0.3, -0.25) is 4.79 Å². The number of halogens is 2. The highest BCUT2D eigenvalue weighted by Crippen LogP contribution is 2.27. The molecule has 0 aliphatic heterocycles. The van der Waals surface area contributed by atoms with Crippen LogP contribution in [0.5, 0.6) is 5.75 Å². The van der Waals surface area contributed by atoms with E-state index in [2.05, 4.69) is 21.2 Å². The minimum atomic E-state index is -0.000437. The summed E-state index contributed by atoms with van der Waals surface area (Å²) in [5, 5.41) is 3.63. The van der Waals surface area contributed by atoms with Gasteiger partial charge in [-0.05, 0) is 30.3 Å². The summed E-state index contributed by atoms with van der Waals surface area (Å²) in [7, 11) is 1.57. The molecule has 3 nitrogen and oxygen atoms in total. The Kier molecular flexibility index (Phi) is 5.04. The summed E-state index contributed by atoms with van der Waals surface area (Å²) >= 11 is 9.28. The minimum Gasteiger partial charge on any atom is -0.495 e. The Morgan fingerprint density at radius 3 is 2.60 bits per heavy atom. The molecule has 2 rings (SSSR count). The lowest BCUT2D eigenvalue weighted by Gasteiger charge is -2.11. The second-order valence-electron chi connectivity index (χ2n) is 4.13. The number of ketones is 1. The zero-order valence-electron chi connectivity index (χ0n) is 10.8. The summed E-state index contributed by atoms with van der Waals surface area (Å²) in [5.41, 5.74) is 1.35. The highest BCUT2D eigenvalue weighted by molar-refractivity contribution is 9.10. The third kappa shape index (κ3) is 3.74. The fourth-order valence-corrected chi connectivity index (χ4v) is 2.17. The molecular formula is C15H13BrClNO2. The second kappa shape index (κ2) is 6.77. The van der Waals surface area contributed by atoms with Crippen molar-refractivity contribution in [3.8, 4) is 5.75 Å². The lowest BCUT2D eigenvalue weighted by atomic mass is 10.1. The van der Waals surface area contributed by atoms with E-state index >= 15 is 0 Å². The van der Waals surface area contributed by atoms with Gasteiger partial charge in [0.25, 0.3) is 0 Å². The topological polar surface area (TPSA) is 38.3 Å². The van der Waals surface area contributed by atoms with Gasteiger partial charge >= 0.3 is 0 Å². The van der Waals surface area contributed by atoms with Gasteiger partial charge in [-0.1, -0.05) is 39.7 Å². The van der Waals surface area contributed by atoms with Crippen LogP contribution in [0.1, 0.15) is 10.4 Å². The van der Waals surface area contributed by atoms with Gasteiger partial charge in [0.05, 0.1) is 19.3 Å². The number of rotatable bonds is 5. The largest absolute Gasteiger partial charge is 0.495 e. The average molecular weight is 355 g/mol. The quantitative estimate of drug-likeness (QED) is 0.809. The molecule has 0 heterocycles. The van der Waals surface area contributed by atoms with Gasteiger partial charge in [0, 0.05) is 15.1 Å². The molecule has 0 fully saturated rings. The molecule has 2 aromatic carbocycles. The molecule has 0 aliphatic carbocycles. The Labute approximate surface area is 131 Å². The van der Waals surface area contributed by atoms with E-state index in [1.807, 2.05) is 12.1 Å². The molecule has 0 atom stereocenters. The molecule has 2 aromatic rings. The Morgan fingerprint density at radius 1 is 1.25 bits per heavy atom. The number of hydrogen-bond donors (Lipinski definition) is 1. The van der Waals surface area contributed by atoms with Crippen LogP contribution in [0.4, 0.5) is 5.69 Å². The van der Waals surface area contributed by atoms with E-state index in [1.54, 1.807) is 37.4 Å². The van der Waals surface area contributed by atoms with Crippen molar-refractivity contribution >= 4 is 39.0 Å². The monoisotopic (exact) mass is 353 g/mol. The minimum absolute atomic E-state index is 0.000437. The predicted molar refractivity (Wildman–Crippen MR) is 85.0 cm³/mol. The number of methoxy groups -OCH3 is 1. The molecule has 5 heteroatoms. The van der Waals surface area contributed by atoms with Crippen molar-refractivity contribution in [3.05, 3.63) is 57.5 Å². The summed E-state index contributed by atoms with van der Waals surface area (Å²) in [6, 6.07) is 12.5. The highest BCUT2D eigenvalue weighted by Gasteiger charge is 2.08. The van der Waals surface area contributed by atoms with Gasteiger partial charge in [-0.15, -0.1) is 0 Å². The molecule has 0 saturated heterocycles. The van der Waals surface area contributed by atoms with Gasteiger partial charge in [0.15, 0.2) is 5.78 Å². The molecule has 104 valence electrons. The van der Waals surface area contributed by atoms with Crippen molar-refractivity contribution in [2.45, 2.75) is 0 Å². The van der Waals surface area contributed by atoms with Crippen LogP contribution in [-0.4, -0.2) is 19.4 Å². The van der Waals surface area contributed by atoms with Gasteiger partial charge in [0.1, 0.15) is 5.75 Å². The summed E-state index contributed by atoms with van der Waals surface area (Å²) in [5.74, 6) is 0.650. The van der Waals surface area contributed by atoms with Crippen molar-refractivity contribution in [1.29, 1.82) is 0 Å². The Balaban J connectivity index is 2.06. The van der Waals surface area contributed by atoms with Gasteiger partial charge < -0.3 is 10.1 Å². The van der Waals surface area contributed by atoms with Crippen LogP contribution < -0.4 is 10.1 Å². The maximum atomic E-state index is 12.1. The van der Waals surface area contributed by atoms with Crippen molar-refractivity contribution in [1.82, 2.24) is 0 Å². The van der Waals surface area contributed by atoms with Crippen LogP contribution in [0.2, 0.25) is 5.02 Å². The van der Waals surface area contributed by atoms with Gasteiger partial charge in [-0.2, -0.15) is 0 Å². The lowest BCUT2D eigenvalue weighted by Crippen LogP contribution is -2.14. The predicted octanol–water partition coefficient (Wildman–Crippen LogP) is 4.41. The normalized spacial score (nSPS) is 10.2. The van der Waals surface area contributed by atoms with Crippen LogP contribution in [0.15, 0.2) is 46.9 Å². The van der Waals surface area contributed by atoms with E-state index < -0.39 is 0 Å². The van der Waals surface area contributed by atoms with E-state index in [9.17, 15) is 4.79 Å². The number of nitrogens with one attached hydrogen (secondary N) is 1. The van der Waals surface area contributed by atoms with Gasteiger partial charge in [0.2, 0.25) is 0 Å².